The van der Waals surface area contributed by atoms with Gasteiger partial charge in [-0.2, -0.15) is 0 Å². The maximum Gasteiger partial charge on any atom is 0.329 e. The lowest BCUT2D eigenvalue weighted by atomic mass is 9.84. The van der Waals surface area contributed by atoms with E-state index in [1.54, 1.807) is 50.5 Å². The summed E-state index contributed by atoms with van der Waals surface area (Å²) in [5.74, 6) is -1.54. The number of nitrogens with zero attached hydrogens (tertiary/aromatic N) is 3. The van der Waals surface area contributed by atoms with Crippen LogP contribution in [0.3, 0.4) is 0 Å². The molecule has 1 aromatic heterocycles. The average molecular weight is 903 g/mol. The number of rotatable bonds is 20. The lowest BCUT2D eigenvalue weighted by Crippen LogP contribution is -2.53. The second-order valence-corrected chi connectivity index (χ2v) is 18.5. The minimum Gasteiger partial charge on any atom is -0.496 e. The zero-order valence-corrected chi connectivity index (χ0v) is 39.4. The summed E-state index contributed by atoms with van der Waals surface area (Å²) in [5.41, 5.74) is 6.31. The molecule has 14 heteroatoms. The molecule has 4 aromatic carbocycles. The SMILES string of the molecule is CCC(C)(C)C(=O)C(=O)N1CCCCC1C(=O)OC(CCc1ccc(OC)c(C)c1)c1cccc(NC(=O)CCC(=O)NCCNc2ccc3sc(-c4ccc(N(C)C)cc4)nc3c2)c1. The number of fused-ring (bicyclic) bond motifs is 1. The number of benzene rings is 4. The van der Waals surface area contributed by atoms with Crippen molar-refractivity contribution >= 4 is 68.1 Å². The Labute approximate surface area is 386 Å². The largest absolute Gasteiger partial charge is 0.496 e. The van der Waals surface area contributed by atoms with Gasteiger partial charge in [-0.05, 0) is 123 Å². The molecule has 1 saturated heterocycles. The van der Waals surface area contributed by atoms with Gasteiger partial charge >= 0.3 is 5.97 Å². The van der Waals surface area contributed by atoms with Crippen LogP contribution in [-0.2, 0) is 35.1 Å². The van der Waals surface area contributed by atoms with Gasteiger partial charge in [-0.25, -0.2) is 9.78 Å². The molecule has 6 rings (SSSR count). The molecule has 1 aliphatic rings. The molecule has 13 nitrogen and oxygen atoms in total. The van der Waals surface area contributed by atoms with Gasteiger partial charge in [0.25, 0.3) is 5.91 Å². The summed E-state index contributed by atoms with van der Waals surface area (Å²) in [5, 5.41) is 10.1. The number of amides is 3. The molecule has 2 atom stereocenters. The molecule has 344 valence electrons. The Morgan fingerprint density at radius 2 is 1.68 bits per heavy atom. The van der Waals surface area contributed by atoms with Gasteiger partial charge in [0.15, 0.2) is 0 Å². The van der Waals surface area contributed by atoms with Gasteiger partial charge in [0.1, 0.15) is 22.9 Å². The maximum absolute atomic E-state index is 14.0. The fourth-order valence-corrected chi connectivity index (χ4v) is 8.69. The third-order valence-electron chi connectivity index (χ3n) is 12.1. The van der Waals surface area contributed by atoms with Gasteiger partial charge in [0.2, 0.25) is 17.6 Å². The lowest BCUT2D eigenvalue weighted by Gasteiger charge is -2.36. The fourth-order valence-electron chi connectivity index (χ4n) is 7.73. The molecule has 0 spiro atoms. The summed E-state index contributed by atoms with van der Waals surface area (Å²) in [6.07, 6.45) is 2.53. The fraction of sp³-hybridized carbons (Fsp3) is 0.412. The number of aryl methyl sites for hydroxylation is 2. The van der Waals surface area contributed by atoms with Gasteiger partial charge in [-0.3, -0.25) is 19.2 Å². The number of Topliss-reactive ketones (excluding diaryl/α,β-unsaturated/α-hetero) is 1. The normalized spacial score (nSPS) is 14.3. The van der Waals surface area contributed by atoms with Gasteiger partial charge in [0, 0.05) is 74.6 Å². The molecule has 0 saturated carbocycles. The van der Waals surface area contributed by atoms with Crippen LogP contribution < -0.4 is 25.6 Å². The number of anilines is 3. The Bertz CT molecular complexity index is 2480. The number of hydrogen-bond donors (Lipinski definition) is 3. The topological polar surface area (TPSA) is 159 Å². The monoisotopic (exact) mass is 902 g/mol. The number of carbonyl (C=O) groups excluding carboxylic acids is 5. The van der Waals surface area contributed by atoms with Crippen molar-refractivity contribution in [3.8, 4) is 16.3 Å². The molecule has 1 fully saturated rings. The highest BCUT2D eigenvalue weighted by atomic mass is 32.1. The van der Waals surface area contributed by atoms with E-state index in [-0.39, 0.29) is 24.7 Å². The minimum absolute atomic E-state index is 0.00464. The molecule has 0 bridgehead atoms. The molecule has 2 heterocycles. The van der Waals surface area contributed by atoms with Crippen LogP contribution in [0.4, 0.5) is 17.1 Å². The van der Waals surface area contributed by atoms with E-state index in [2.05, 4.69) is 45.1 Å². The molecule has 5 aromatic rings. The molecular weight excluding hydrogens is 841 g/mol. The van der Waals surface area contributed by atoms with E-state index in [0.717, 1.165) is 55.5 Å². The Morgan fingerprint density at radius 3 is 2.40 bits per heavy atom. The first-order chi connectivity index (χ1) is 31.1. The standard InChI is InChI=1S/C51H62N6O7S/c1-8-51(3,4)47(60)49(61)57-29-10-9-14-41(57)50(62)64-43(23-16-34-15-22-42(63-7)33(2)30-34)36-12-11-13-38(31-36)54-46(59)26-25-45(58)53-28-27-52-37-19-24-44-40(32-37)55-48(65-44)35-17-20-39(21-18-35)56(5)6/h11-13,15,17-22,24,30-32,41,43,52H,8-10,14,16,23,25-29H2,1-7H3,(H,53,58)(H,54,59). The second kappa shape index (κ2) is 22.1. The number of methoxy groups -OCH3 is 1. The number of piperidine rings is 1. The molecule has 3 amide bonds. The van der Waals surface area contributed by atoms with Crippen LogP contribution in [0.1, 0.15) is 88.5 Å². The molecular formula is C51H62N6O7S. The van der Waals surface area contributed by atoms with Crippen LogP contribution in [0.15, 0.2) is 84.9 Å². The number of hydrogen-bond acceptors (Lipinski definition) is 11. The zero-order chi connectivity index (χ0) is 46.7. The van der Waals surface area contributed by atoms with Crippen molar-refractivity contribution in [1.82, 2.24) is 15.2 Å². The highest BCUT2D eigenvalue weighted by Crippen LogP contribution is 2.34. The van der Waals surface area contributed by atoms with Crippen LogP contribution in [-0.4, -0.2) is 86.2 Å². The van der Waals surface area contributed by atoms with Gasteiger partial charge in [-0.1, -0.05) is 45.0 Å². The highest BCUT2D eigenvalue weighted by molar-refractivity contribution is 7.21. The van der Waals surface area contributed by atoms with Crippen LogP contribution >= 0.6 is 11.3 Å². The Morgan fingerprint density at radius 1 is 0.908 bits per heavy atom. The number of ether oxygens (including phenoxy) is 2. The molecule has 0 aliphatic carbocycles. The first-order valence-corrected chi connectivity index (χ1v) is 23.3. The second-order valence-electron chi connectivity index (χ2n) is 17.4. The highest BCUT2D eigenvalue weighted by Gasteiger charge is 2.41. The van der Waals surface area contributed by atoms with Crippen molar-refractivity contribution in [3.05, 3.63) is 102 Å². The number of thiazole rings is 1. The Balaban J connectivity index is 1.03. The number of carbonyl (C=O) groups is 5. The van der Waals surface area contributed by atoms with Crippen LogP contribution in [0.5, 0.6) is 5.75 Å². The summed E-state index contributed by atoms with van der Waals surface area (Å²) in [6, 6.07) is 26.5. The summed E-state index contributed by atoms with van der Waals surface area (Å²) < 4.78 is 12.8. The number of esters is 1. The predicted molar refractivity (Wildman–Crippen MR) is 259 cm³/mol. The Hall–Kier alpha value is -6.28. The van der Waals surface area contributed by atoms with Crippen molar-refractivity contribution in [1.29, 1.82) is 0 Å². The molecule has 0 radical (unpaired) electrons. The van der Waals surface area contributed by atoms with E-state index in [1.807, 2.05) is 70.4 Å². The summed E-state index contributed by atoms with van der Waals surface area (Å²) in [7, 11) is 5.66. The van der Waals surface area contributed by atoms with Crippen molar-refractivity contribution in [2.24, 2.45) is 5.41 Å². The van der Waals surface area contributed by atoms with E-state index < -0.39 is 35.2 Å². The molecule has 65 heavy (non-hydrogen) atoms. The predicted octanol–water partition coefficient (Wildman–Crippen LogP) is 8.90. The van der Waals surface area contributed by atoms with E-state index in [9.17, 15) is 24.0 Å². The van der Waals surface area contributed by atoms with E-state index in [4.69, 9.17) is 14.5 Å². The number of ketones is 1. The number of aromatic nitrogens is 1. The third kappa shape index (κ3) is 12.7. The van der Waals surface area contributed by atoms with Crippen molar-refractivity contribution in [2.75, 3.05) is 56.4 Å². The summed E-state index contributed by atoms with van der Waals surface area (Å²) in [6.45, 7) is 8.49. The van der Waals surface area contributed by atoms with Crippen molar-refractivity contribution in [3.63, 3.8) is 0 Å². The van der Waals surface area contributed by atoms with Gasteiger partial charge in [0.05, 0.1) is 17.3 Å². The minimum atomic E-state index is -0.887. The summed E-state index contributed by atoms with van der Waals surface area (Å²) in [4.78, 5) is 74.9. The number of likely N-dealkylation sites (tertiary alicyclic amines) is 1. The van der Waals surface area contributed by atoms with Crippen molar-refractivity contribution < 1.29 is 33.4 Å². The smallest absolute Gasteiger partial charge is 0.329 e. The zero-order valence-electron chi connectivity index (χ0n) is 38.6. The van der Waals surface area contributed by atoms with E-state index in [1.165, 1.54) is 4.90 Å². The first-order valence-electron chi connectivity index (χ1n) is 22.4. The quantitative estimate of drug-likeness (QED) is 0.0391. The first kappa shape index (κ1) is 48.2. The van der Waals surface area contributed by atoms with Gasteiger partial charge in [-0.15, -0.1) is 11.3 Å². The summed E-state index contributed by atoms with van der Waals surface area (Å²) >= 11 is 1.64. The van der Waals surface area contributed by atoms with Gasteiger partial charge < -0.3 is 35.2 Å². The maximum atomic E-state index is 14.0. The van der Waals surface area contributed by atoms with E-state index in [0.29, 0.717) is 63.0 Å². The van der Waals surface area contributed by atoms with Crippen LogP contribution in [0.25, 0.3) is 20.8 Å². The average Bonchev–Trinajstić information content (AvgIpc) is 3.74. The van der Waals surface area contributed by atoms with Crippen LogP contribution in [0, 0.1) is 12.3 Å². The lowest BCUT2D eigenvalue weighted by molar-refractivity contribution is -0.164. The number of nitrogens with one attached hydrogen (secondary N) is 3. The molecule has 3 N–H and O–H groups in total. The Kier molecular flexibility index (Phi) is 16.4. The molecule has 2 unspecified atom stereocenters. The van der Waals surface area contributed by atoms with E-state index >= 15 is 0 Å². The van der Waals surface area contributed by atoms with Crippen molar-refractivity contribution in [2.45, 2.75) is 91.2 Å². The third-order valence-corrected chi connectivity index (χ3v) is 13.1. The van der Waals surface area contributed by atoms with Crippen LogP contribution in [0.2, 0.25) is 0 Å². The molecule has 1 aliphatic heterocycles.